The summed E-state index contributed by atoms with van der Waals surface area (Å²) in [6.45, 7) is 2.12. The Hall–Kier alpha value is -1.21. The van der Waals surface area contributed by atoms with Gasteiger partial charge >= 0.3 is 0 Å². The molecule has 0 fully saturated rings. The molecule has 0 N–H and O–H groups in total. The van der Waals surface area contributed by atoms with E-state index in [0.717, 1.165) is 0 Å². The average molecular weight is 244 g/mol. The molecule has 2 rings (SSSR count). The third-order valence-corrected chi connectivity index (χ3v) is 4.63. The molecule has 0 aliphatic carbocycles. The van der Waals surface area contributed by atoms with Gasteiger partial charge in [0.05, 0.1) is 0 Å². The number of hydrogen-bond acceptors (Lipinski definition) is 0. The van der Waals surface area contributed by atoms with Gasteiger partial charge in [-0.3, -0.25) is 0 Å². The lowest BCUT2D eigenvalue weighted by Crippen LogP contribution is -1.92. The average Bonchev–Trinajstić information content (AvgIpc) is 2.29. The Morgan fingerprint density at radius 3 is 1.47 bits per heavy atom. The van der Waals surface area contributed by atoms with E-state index < -0.39 is 10.0 Å². The zero-order valence-corrected chi connectivity index (χ0v) is 11.8. The van der Waals surface area contributed by atoms with Gasteiger partial charge in [0.1, 0.15) is 0 Å². The van der Waals surface area contributed by atoms with Crippen molar-refractivity contribution in [2.45, 2.75) is 11.8 Å². The minimum absolute atomic E-state index is 0.608. The molecule has 2 aromatic carbocycles. The second kappa shape index (κ2) is 4.58. The van der Waals surface area contributed by atoms with E-state index in [0.29, 0.717) is 0 Å². The van der Waals surface area contributed by atoms with Gasteiger partial charge in [-0.25, -0.2) is 10.0 Å². The molecule has 90 valence electrons. The van der Waals surface area contributed by atoms with Gasteiger partial charge < -0.3 is 0 Å². The van der Waals surface area contributed by atoms with E-state index in [1.165, 1.54) is 21.6 Å². The molecule has 0 saturated carbocycles. The van der Waals surface area contributed by atoms with Gasteiger partial charge in [-0.1, -0.05) is 42.0 Å². The van der Waals surface area contributed by atoms with E-state index in [1.54, 1.807) is 0 Å². The first-order valence-electron chi connectivity index (χ1n) is 5.82. The molecule has 0 aliphatic heterocycles. The van der Waals surface area contributed by atoms with Crippen molar-refractivity contribution in [3.8, 4) is 11.1 Å². The highest BCUT2D eigenvalue weighted by Crippen LogP contribution is 2.45. The molecule has 2 aromatic rings. The van der Waals surface area contributed by atoms with Crippen molar-refractivity contribution < 1.29 is 0 Å². The summed E-state index contributed by atoms with van der Waals surface area (Å²) in [6.07, 6.45) is 6.98. The predicted molar refractivity (Wildman–Crippen MR) is 80.2 cm³/mol. The third kappa shape index (κ3) is 2.92. The van der Waals surface area contributed by atoms with Crippen LogP contribution in [0.1, 0.15) is 5.56 Å². The van der Waals surface area contributed by atoms with Gasteiger partial charge in [-0.2, -0.15) is 0 Å². The van der Waals surface area contributed by atoms with Crippen LogP contribution in [0, 0.1) is 6.92 Å². The highest BCUT2D eigenvalue weighted by Gasteiger charge is 2.07. The zero-order chi connectivity index (χ0) is 12.5. The van der Waals surface area contributed by atoms with Crippen molar-refractivity contribution in [1.29, 1.82) is 0 Å². The first kappa shape index (κ1) is 12.3. The van der Waals surface area contributed by atoms with E-state index in [1.807, 2.05) is 0 Å². The maximum atomic E-state index is 2.33. The van der Waals surface area contributed by atoms with Gasteiger partial charge in [0, 0.05) is 0 Å². The topological polar surface area (TPSA) is 0 Å². The summed E-state index contributed by atoms with van der Waals surface area (Å²) in [7, 11) is -0.608. The Bertz CT molecular complexity index is 487. The van der Waals surface area contributed by atoms with Crippen molar-refractivity contribution in [1.82, 2.24) is 0 Å². The zero-order valence-electron chi connectivity index (χ0n) is 11.0. The normalized spacial score (nSPS) is 12.5. The fraction of sp³-hybridized carbons (Fsp3) is 0.250. The molecule has 0 saturated heterocycles. The maximum Gasteiger partial charge on any atom is -0.0106 e. The van der Waals surface area contributed by atoms with Crippen molar-refractivity contribution in [3.05, 3.63) is 54.1 Å². The van der Waals surface area contributed by atoms with Crippen LogP contribution >= 0.6 is 10.0 Å². The van der Waals surface area contributed by atoms with E-state index in [2.05, 4.69) is 74.2 Å². The van der Waals surface area contributed by atoms with Crippen LogP contribution in [0.15, 0.2) is 53.4 Å². The summed E-state index contributed by atoms with van der Waals surface area (Å²) in [5.74, 6) is 0. The molecule has 1 heteroatoms. The minimum Gasteiger partial charge on any atom is -0.223 e. The third-order valence-electron chi connectivity index (χ3n) is 2.95. The number of hydrogen-bond donors (Lipinski definition) is 0. The van der Waals surface area contributed by atoms with Crippen molar-refractivity contribution >= 4 is 10.0 Å². The second-order valence-electron chi connectivity index (χ2n) is 5.23. The molecule has 0 unspecified atom stereocenters. The molecule has 0 atom stereocenters. The smallest absolute Gasteiger partial charge is 0.0106 e. The second-order valence-corrected chi connectivity index (χ2v) is 9.37. The molecule has 0 bridgehead atoms. The van der Waals surface area contributed by atoms with Gasteiger partial charge in [0.15, 0.2) is 0 Å². The SMILES string of the molecule is Cc1ccc(-c2ccc(S(C)(C)C)cc2)cc1. The maximum absolute atomic E-state index is 2.33. The van der Waals surface area contributed by atoms with E-state index in [9.17, 15) is 0 Å². The quantitative estimate of drug-likeness (QED) is 0.717. The molecule has 0 heterocycles. The number of aryl methyl sites for hydroxylation is 1. The van der Waals surface area contributed by atoms with Crippen molar-refractivity contribution in [2.24, 2.45) is 0 Å². The summed E-state index contributed by atoms with van der Waals surface area (Å²) in [5, 5.41) is 0. The van der Waals surface area contributed by atoms with E-state index in [4.69, 9.17) is 0 Å². The molecule has 0 aliphatic rings. The Balaban J connectivity index is 2.33. The lowest BCUT2D eigenvalue weighted by atomic mass is 10.0. The minimum atomic E-state index is -0.608. The summed E-state index contributed by atoms with van der Waals surface area (Å²) >= 11 is 0. The Kier molecular flexibility index (Phi) is 3.30. The van der Waals surface area contributed by atoms with Crippen LogP contribution < -0.4 is 0 Å². The van der Waals surface area contributed by atoms with Crippen molar-refractivity contribution in [2.75, 3.05) is 18.8 Å². The molecule has 0 nitrogen and oxygen atoms in total. The fourth-order valence-electron chi connectivity index (χ4n) is 1.80. The summed E-state index contributed by atoms with van der Waals surface area (Å²) in [6, 6.07) is 17.7. The lowest BCUT2D eigenvalue weighted by Gasteiger charge is -2.25. The van der Waals surface area contributed by atoms with Crippen molar-refractivity contribution in [3.63, 3.8) is 0 Å². The highest BCUT2D eigenvalue weighted by molar-refractivity contribution is 8.32. The monoisotopic (exact) mass is 244 g/mol. The van der Waals surface area contributed by atoms with Gasteiger partial charge in [0.25, 0.3) is 0 Å². The van der Waals surface area contributed by atoms with Crippen LogP contribution in [-0.2, 0) is 0 Å². The van der Waals surface area contributed by atoms with Gasteiger partial charge in [-0.05, 0) is 53.8 Å². The number of benzene rings is 2. The highest BCUT2D eigenvalue weighted by atomic mass is 32.3. The summed E-state index contributed by atoms with van der Waals surface area (Å²) in [5.41, 5.74) is 3.91. The standard InChI is InChI=1S/C16H20S/c1-13-5-7-14(8-6-13)15-9-11-16(12-10-15)17(2,3)4/h5-12H,1-4H3. The fourth-order valence-corrected chi connectivity index (χ4v) is 2.75. The largest absolute Gasteiger partial charge is 0.223 e. The Morgan fingerprint density at radius 2 is 1.06 bits per heavy atom. The van der Waals surface area contributed by atoms with Crippen LogP contribution in [0.2, 0.25) is 0 Å². The first-order chi connectivity index (χ1) is 7.97. The summed E-state index contributed by atoms with van der Waals surface area (Å²) < 4.78 is 0. The molecule has 0 radical (unpaired) electrons. The Labute approximate surface area is 106 Å². The summed E-state index contributed by atoms with van der Waals surface area (Å²) in [4.78, 5) is 1.47. The van der Waals surface area contributed by atoms with Gasteiger partial charge in [-0.15, -0.1) is 0 Å². The van der Waals surface area contributed by atoms with E-state index in [-0.39, 0.29) is 0 Å². The van der Waals surface area contributed by atoms with Crippen LogP contribution in [0.3, 0.4) is 0 Å². The van der Waals surface area contributed by atoms with E-state index >= 15 is 0 Å². The number of rotatable bonds is 2. The molecule has 17 heavy (non-hydrogen) atoms. The predicted octanol–water partition coefficient (Wildman–Crippen LogP) is 4.71. The van der Waals surface area contributed by atoms with Crippen LogP contribution in [0.5, 0.6) is 0 Å². The van der Waals surface area contributed by atoms with Crippen LogP contribution in [-0.4, -0.2) is 18.8 Å². The molecular formula is C16H20S. The van der Waals surface area contributed by atoms with Gasteiger partial charge in [0.2, 0.25) is 0 Å². The molecule has 0 aromatic heterocycles. The van der Waals surface area contributed by atoms with Crippen LogP contribution in [0.25, 0.3) is 11.1 Å². The molecule has 0 spiro atoms. The Morgan fingerprint density at radius 1 is 0.647 bits per heavy atom. The molecule has 0 amide bonds. The first-order valence-corrected chi connectivity index (χ1v) is 8.68. The van der Waals surface area contributed by atoms with Crippen LogP contribution in [0.4, 0.5) is 0 Å². The lowest BCUT2D eigenvalue weighted by molar-refractivity contribution is 1.42. The molecular weight excluding hydrogens is 224 g/mol.